The van der Waals surface area contributed by atoms with E-state index < -0.39 is 27.5 Å². The number of halogens is 4. The molecule has 3 N–H and O–H groups in total. The number of nitrogens with one attached hydrogen (secondary N) is 1. The Balaban J connectivity index is 2.38. The summed E-state index contributed by atoms with van der Waals surface area (Å²) in [5.74, 6) is -1.05. The van der Waals surface area contributed by atoms with E-state index in [1.165, 1.54) is 25.1 Å². The number of rotatable bonds is 6. The van der Waals surface area contributed by atoms with Gasteiger partial charge in [0.2, 0.25) is 0 Å². The number of alkyl halides is 3. The average Bonchev–Trinajstić information content (AvgIpc) is 2.64. The fourth-order valence-electron chi connectivity index (χ4n) is 2.66. The summed E-state index contributed by atoms with van der Waals surface area (Å²) >= 11 is 5.91. The van der Waals surface area contributed by atoms with Gasteiger partial charge in [0.15, 0.2) is 9.84 Å². The summed E-state index contributed by atoms with van der Waals surface area (Å²) in [6.45, 7) is 4.52. The molecule has 0 radical (unpaired) electrons. The molecule has 0 aliphatic carbocycles. The second kappa shape index (κ2) is 8.46. The lowest BCUT2D eigenvalue weighted by Crippen LogP contribution is -2.25. The van der Waals surface area contributed by atoms with Crippen molar-refractivity contribution < 1.29 is 26.4 Å². The maximum absolute atomic E-state index is 13.2. The predicted molar refractivity (Wildman–Crippen MR) is 106 cm³/mol. The van der Waals surface area contributed by atoms with Crippen LogP contribution in [0.25, 0.3) is 6.08 Å². The molecule has 0 aliphatic rings. The molecule has 0 spiro atoms. The first-order valence-electron chi connectivity index (χ1n) is 8.33. The van der Waals surface area contributed by atoms with Gasteiger partial charge in [-0.1, -0.05) is 31.2 Å². The maximum atomic E-state index is 13.2. The van der Waals surface area contributed by atoms with E-state index in [4.69, 9.17) is 17.3 Å². The second-order valence-electron chi connectivity index (χ2n) is 6.07. The largest absolute Gasteiger partial charge is 0.417 e. The fourth-order valence-corrected chi connectivity index (χ4v) is 3.97. The van der Waals surface area contributed by atoms with Crippen LogP contribution in [0.4, 0.5) is 18.9 Å². The number of carbonyl (C=O) groups excluding carboxylic acids is 1. The number of anilines is 1. The van der Waals surface area contributed by atoms with Gasteiger partial charge in [-0.25, -0.2) is 8.42 Å². The zero-order valence-corrected chi connectivity index (χ0v) is 16.9. The average molecular weight is 447 g/mol. The topological polar surface area (TPSA) is 89.3 Å². The summed E-state index contributed by atoms with van der Waals surface area (Å²) in [6, 6.07) is 5.74. The lowest BCUT2D eigenvalue weighted by molar-refractivity contribution is -0.137. The van der Waals surface area contributed by atoms with E-state index in [0.29, 0.717) is 6.07 Å². The first-order chi connectivity index (χ1) is 13.4. The molecular formula is C19H18ClF3N2O3S. The van der Waals surface area contributed by atoms with Gasteiger partial charge in [-0.15, -0.1) is 0 Å². The number of nitrogen functional groups attached to an aromatic ring is 1. The van der Waals surface area contributed by atoms with Crippen LogP contribution < -0.4 is 11.1 Å². The van der Waals surface area contributed by atoms with Crippen molar-refractivity contribution in [1.29, 1.82) is 0 Å². The third-order valence-electron chi connectivity index (χ3n) is 4.17. The van der Waals surface area contributed by atoms with Crippen molar-refractivity contribution in [2.75, 3.05) is 11.5 Å². The van der Waals surface area contributed by atoms with Crippen LogP contribution in [0.3, 0.4) is 0 Å². The highest BCUT2D eigenvalue weighted by Crippen LogP contribution is 2.35. The minimum Gasteiger partial charge on any atom is -0.398 e. The van der Waals surface area contributed by atoms with Gasteiger partial charge in [-0.2, -0.15) is 13.2 Å². The highest BCUT2D eigenvalue weighted by Gasteiger charge is 2.34. The molecule has 5 nitrogen and oxygen atoms in total. The Labute approximate surface area is 171 Å². The first kappa shape index (κ1) is 22.8. The van der Waals surface area contributed by atoms with Crippen molar-refractivity contribution in [2.24, 2.45) is 0 Å². The minimum atomic E-state index is -4.71. The third kappa shape index (κ3) is 5.10. The Hall–Kier alpha value is -2.52. The Bertz CT molecular complexity index is 1070. The molecule has 1 amide bonds. The molecule has 0 aromatic heterocycles. The quantitative estimate of drug-likeness (QED) is 0.647. The van der Waals surface area contributed by atoms with Crippen LogP contribution in [0.5, 0.6) is 0 Å². The van der Waals surface area contributed by atoms with E-state index in [1.807, 2.05) is 0 Å². The zero-order valence-electron chi connectivity index (χ0n) is 15.3. The third-order valence-corrected chi connectivity index (χ3v) is 6.23. The second-order valence-corrected chi connectivity index (χ2v) is 8.75. The van der Waals surface area contributed by atoms with Crippen LogP contribution in [-0.4, -0.2) is 20.1 Å². The molecular weight excluding hydrogens is 429 g/mol. The molecule has 0 fully saturated rings. The molecule has 0 saturated carbocycles. The van der Waals surface area contributed by atoms with Crippen LogP contribution in [0.1, 0.15) is 34.0 Å². The molecule has 0 heterocycles. The summed E-state index contributed by atoms with van der Waals surface area (Å²) in [7, 11) is -3.60. The van der Waals surface area contributed by atoms with Gasteiger partial charge in [0, 0.05) is 17.3 Å². The Morgan fingerprint density at radius 3 is 2.48 bits per heavy atom. The molecule has 2 aromatic carbocycles. The molecule has 156 valence electrons. The molecule has 29 heavy (non-hydrogen) atoms. The molecule has 0 bridgehead atoms. The van der Waals surface area contributed by atoms with Crippen LogP contribution in [0.15, 0.2) is 41.8 Å². The lowest BCUT2D eigenvalue weighted by Gasteiger charge is -2.15. The van der Waals surface area contributed by atoms with Gasteiger partial charge in [0.25, 0.3) is 5.91 Å². The highest BCUT2D eigenvalue weighted by molar-refractivity contribution is 7.91. The smallest absolute Gasteiger partial charge is 0.398 e. The van der Waals surface area contributed by atoms with Gasteiger partial charge in [0.05, 0.1) is 21.8 Å². The molecule has 2 rings (SSSR count). The molecule has 0 saturated heterocycles. The number of carbonyl (C=O) groups is 1. The van der Waals surface area contributed by atoms with E-state index >= 15 is 0 Å². The monoisotopic (exact) mass is 446 g/mol. The number of amides is 1. The van der Waals surface area contributed by atoms with E-state index in [-0.39, 0.29) is 44.6 Å². The Morgan fingerprint density at radius 1 is 1.28 bits per heavy atom. The van der Waals surface area contributed by atoms with Crippen LogP contribution >= 0.6 is 11.6 Å². The van der Waals surface area contributed by atoms with Gasteiger partial charge < -0.3 is 11.1 Å². The standard InChI is InChI=1S/C19H18ClF3N2O3S/c1-3-11-8-16(24)14(9-15(11)19(21,22)23)18(26)25-10-12-7-13(20)5-6-17(12)29(27,28)4-2/h3,5-9H,1,4,10,24H2,2H3,(H,25,26). The van der Waals surface area contributed by atoms with Crippen molar-refractivity contribution >= 4 is 39.1 Å². The molecule has 0 unspecified atom stereocenters. The first-order valence-corrected chi connectivity index (χ1v) is 10.4. The van der Waals surface area contributed by atoms with E-state index in [1.54, 1.807) is 0 Å². The number of hydrogen-bond donors (Lipinski definition) is 2. The number of sulfone groups is 1. The summed E-state index contributed by atoms with van der Waals surface area (Å²) in [5.41, 5.74) is 4.09. The van der Waals surface area contributed by atoms with Gasteiger partial charge >= 0.3 is 6.18 Å². The summed E-state index contributed by atoms with van der Waals surface area (Å²) < 4.78 is 64.1. The van der Waals surface area contributed by atoms with Crippen molar-refractivity contribution in [1.82, 2.24) is 5.32 Å². The van der Waals surface area contributed by atoms with Crippen molar-refractivity contribution in [3.05, 3.63) is 64.2 Å². The maximum Gasteiger partial charge on any atom is 0.417 e. The van der Waals surface area contributed by atoms with Crippen LogP contribution in [0, 0.1) is 0 Å². The summed E-state index contributed by atoms with van der Waals surface area (Å²) in [5, 5.41) is 2.65. The highest BCUT2D eigenvalue weighted by atomic mass is 35.5. The molecule has 2 aromatic rings. The molecule has 0 aliphatic heterocycles. The summed E-state index contributed by atoms with van der Waals surface area (Å²) in [4.78, 5) is 12.4. The number of hydrogen-bond acceptors (Lipinski definition) is 4. The minimum absolute atomic E-state index is 0.0179. The zero-order chi connectivity index (χ0) is 22.0. The van der Waals surface area contributed by atoms with Crippen molar-refractivity contribution in [2.45, 2.75) is 24.5 Å². The Kier molecular flexibility index (Phi) is 6.64. The number of benzene rings is 2. The van der Waals surface area contributed by atoms with E-state index in [2.05, 4.69) is 11.9 Å². The van der Waals surface area contributed by atoms with Crippen molar-refractivity contribution in [3.8, 4) is 0 Å². The lowest BCUT2D eigenvalue weighted by atomic mass is 10.0. The number of nitrogens with two attached hydrogens (primary N) is 1. The van der Waals surface area contributed by atoms with Gasteiger partial charge in [-0.3, -0.25) is 4.79 Å². The Morgan fingerprint density at radius 2 is 1.93 bits per heavy atom. The summed E-state index contributed by atoms with van der Waals surface area (Å²) in [6.07, 6.45) is -3.71. The van der Waals surface area contributed by atoms with Gasteiger partial charge in [-0.05, 0) is 41.5 Å². The van der Waals surface area contributed by atoms with Crippen molar-refractivity contribution in [3.63, 3.8) is 0 Å². The normalized spacial score (nSPS) is 11.9. The van der Waals surface area contributed by atoms with E-state index in [9.17, 15) is 26.4 Å². The van der Waals surface area contributed by atoms with Crippen LogP contribution in [0.2, 0.25) is 5.02 Å². The fraction of sp³-hybridized carbons (Fsp3) is 0.211. The van der Waals surface area contributed by atoms with Gasteiger partial charge in [0.1, 0.15) is 0 Å². The van der Waals surface area contributed by atoms with Crippen LogP contribution in [-0.2, 0) is 22.6 Å². The predicted octanol–water partition coefficient (Wildman–Crippen LogP) is 4.31. The molecule has 10 heteroatoms. The SMILES string of the molecule is C=Cc1cc(N)c(C(=O)NCc2cc(Cl)ccc2S(=O)(=O)CC)cc1C(F)(F)F. The van der Waals surface area contributed by atoms with E-state index in [0.717, 1.165) is 12.1 Å². The molecule has 0 atom stereocenters.